The molecule has 1 aliphatic heterocycles. The zero-order chi connectivity index (χ0) is 11.6. The standard InChI is InChI=1S/C12H12N2O2/c1-12(7-16-8-12)5-4-9-3-2-6-14-10(9)11(13)15/h2-3,6H,7-8H2,1H3,(H2,13,15). The molecule has 1 amide bonds. The zero-order valence-electron chi connectivity index (χ0n) is 8.99. The fourth-order valence-electron chi connectivity index (χ4n) is 1.40. The Hall–Kier alpha value is -1.86. The molecule has 0 atom stereocenters. The lowest BCUT2D eigenvalue weighted by Crippen LogP contribution is -2.38. The van der Waals surface area contributed by atoms with Gasteiger partial charge in [-0.05, 0) is 19.1 Å². The third-order valence-corrected chi connectivity index (χ3v) is 2.38. The first-order chi connectivity index (χ1) is 7.61. The molecule has 2 heterocycles. The summed E-state index contributed by atoms with van der Waals surface area (Å²) in [5.41, 5.74) is 5.89. The molecule has 4 nitrogen and oxygen atoms in total. The smallest absolute Gasteiger partial charge is 0.268 e. The number of amides is 1. The molecule has 82 valence electrons. The molecule has 2 N–H and O–H groups in total. The molecule has 0 bridgehead atoms. The van der Waals surface area contributed by atoms with E-state index in [4.69, 9.17) is 10.5 Å². The third-order valence-electron chi connectivity index (χ3n) is 2.38. The van der Waals surface area contributed by atoms with Crippen LogP contribution in [0.2, 0.25) is 0 Å². The Bertz CT molecular complexity index is 481. The Morgan fingerprint density at radius 1 is 1.62 bits per heavy atom. The quantitative estimate of drug-likeness (QED) is 0.698. The normalized spacial score (nSPS) is 16.8. The summed E-state index contributed by atoms with van der Waals surface area (Å²) in [4.78, 5) is 15.0. The number of carbonyl (C=O) groups is 1. The Labute approximate surface area is 93.8 Å². The first-order valence-electron chi connectivity index (χ1n) is 4.96. The lowest BCUT2D eigenvalue weighted by atomic mass is 9.89. The monoisotopic (exact) mass is 216 g/mol. The molecule has 0 radical (unpaired) electrons. The number of primary amides is 1. The van der Waals surface area contributed by atoms with Crippen molar-refractivity contribution >= 4 is 5.91 Å². The van der Waals surface area contributed by atoms with Gasteiger partial charge in [-0.1, -0.05) is 11.8 Å². The summed E-state index contributed by atoms with van der Waals surface area (Å²) in [6, 6.07) is 3.47. The van der Waals surface area contributed by atoms with Crippen LogP contribution in [0.15, 0.2) is 18.3 Å². The summed E-state index contributed by atoms with van der Waals surface area (Å²) in [5, 5.41) is 0. The fraction of sp³-hybridized carbons (Fsp3) is 0.333. The van der Waals surface area contributed by atoms with Crippen LogP contribution in [0.1, 0.15) is 23.0 Å². The Kier molecular flexibility index (Phi) is 2.63. The number of carbonyl (C=O) groups excluding carboxylic acids is 1. The van der Waals surface area contributed by atoms with Crippen LogP contribution in [0.25, 0.3) is 0 Å². The van der Waals surface area contributed by atoms with Crippen LogP contribution < -0.4 is 5.73 Å². The van der Waals surface area contributed by atoms with Crippen molar-refractivity contribution in [2.75, 3.05) is 13.2 Å². The molecule has 0 saturated carbocycles. The SMILES string of the molecule is CC1(C#Cc2cccnc2C(N)=O)COC1. The highest BCUT2D eigenvalue weighted by atomic mass is 16.5. The highest BCUT2D eigenvalue weighted by Crippen LogP contribution is 2.25. The number of rotatable bonds is 1. The molecule has 1 aromatic heterocycles. The van der Waals surface area contributed by atoms with Crippen molar-refractivity contribution in [1.82, 2.24) is 4.98 Å². The molecule has 0 aromatic carbocycles. The van der Waals surface area contributed by atoms with Gasteiger partial charge < -0.3 is 10.5 Å². The van der Waals surface area contributed by atoms with Crippen LogP contribution in [0.3, 0.4) is 0 Å². The van der Waals surface area contributed by atoms with E-state index in [9.17, 15) is 4.79 Å². The van der Waals surface area contributed by atoms with Gasteiger partial charge in [-0.25, -0.2) is 4.98 Å². The lowest BCUT2D eigenvalue weighted by molar-refractivity contribution is -0.0648. The topological polar surface area (TPSA) is 65.2 Å². The molecule has 1 aliphatic rings. The Morgan fingerprint density at radius 3 is 2.94 bits per heavy atom. The third kappa shape index (κ3) is 2.05. The zero-order valence-corrected chi connectivity index (χ0v) is 8.99. The minimum absolute atomic E-state index is 0.106. The molecule has 4 heteroatoms. The largest absolute Gasteiger partial charge is 0.378 e. The lowest BCUT2D eigenvalue weighted by Gasteiger charge is -2.32. The molecular weight excluding hydrogens is 204 g/mol. The average Bonchev–Trinajstić information content (AvgIpc) is 2.24. The predicted octanol–water partition coefficient (Wildman–Crippen LogP) is 0.569. The van der Waals surface area contributed by atoms with Crippen molar-refractivity contribution in [2.45, 2.75) is 6.92 Å². The van der Waals surface area contributed by atoms with Gasteiger partial charge in [0.2, 0.25) is 0 Å². The van der Waals surface area contributed by atoms with E-state index in [2.05, 4.69) is 16.8 Å². The Morgan fingerprint density at radius 2 is 2.38 bits per heavy atom. The molecule has 1 aromatic rings. The van der Waals surface area contributed by atoms with Crippen LogP contribution in [-0.2, 0) is 4.74 Å². The number of pyridine rings is 1. The van der Waals surface area contributed by atoms with Crippen molar-refractivity contribution in [1.29, 1.82) is 0 Å². The van der Waals surface area contributed by atoms with E-state index in [0.29, 0.717) is 18.8 Å². The van der Waals surface area contributed by atoms with Crippen LogP contribution in [0.5, 0.6) is 0 Å². The van der Waals surface area contributed by atoms with Gasteiger partial charge in [-0.15, -0.1) is 0 Å². The van der Waals surface area contributed by atoms with Gasteiger partial charge in [0.15, 0.2) is 0 Å². The molecule has 1 fully saturated rings. The van der Waals surface area contributed by atoms with Crippen molar-refractivity contribution in [3.8, 4) is 11.8 Å². The fourth-order valence-corrected chi connectivity index (χ4v) is 1.40. The summed E-state index contributed by atoms with van der Waals surface area (Å²) in [6.07, 6.45) is 1.53. The second kappa shape index (κ2) is 3.95. The van der Waals surface area contributed by atoms with Crippen LogP contribution in [-0.4, -0.2) is 24.1 Å². The maximum atomic E-state index is 11.1. The minimum Gasteiger partial charge on any atom is -0.378 e. The molecule has 2 rings (SSSR count). The molecule has 16 heavy (non-hydrogen) atoms. The van der Waals surface area contributed by atoms with Gasteiger partial charge in [0, 0.05) is 6.20 Å². The molecular formula is C12H12N2O2. The number of ether oxygens (including phenoxy) is 1. The first-order valence-corrected chi connectivity index (χ1v) is 4.96. The minimum atomic E-state index is -0.556. The van der Waals surface area contributed by atoms with E-state index in [1.54, 1.807) is 12.1 Å². The van der Waals surface area contributed by atoms with Gasteiger partial charge in [0.05, 0.1) is 24.2 Å². The van der Waals surface area contributed by atoms with Crippen molar-refractivity contribution < 1.29 is 9.53 Å². The van der Waals surface area contributed by atoms with Crippen molar-refractivity contribution in [3.63, 3.8) is 0 Å². The van der Waals surface area contributed by atoms with E-state index in [1.807, 2.05) is 6.92 Å². The number of hydrogen-bond acceptors (Lipinski definition) is 3. The number of nitrogens with two attached hydrogens (primary N) is 1. The molecule has 0 aliphatic carbocycles. The van der Waals surface area contributed by atoms with Crippen molar-refractivity contribution in [2.24, 2.45) is 11.1 Å². The summed E-state index contributed by atoms with van der Waals surface area (Å²) in [6.45, 7) is 3.28. The Balaban J connectivity index is 2.30. The molecule has 0 unspecified atom stereocenters. The van der Waals surface area contributed by atoms with Gasteiger partial charge in [-0.3, -0.25) is 4.79 Å². The maximum Gasteiger partial charge on any atom is 0.268 e. The van der Waals surface area contributed by atoms with E-state index in [1.165, 1.54) is 6.20 Å². The van der Waals surface area contributed by atoms with Crippen LogP contribution in [0, 0.1) is 17.3 Å². The average molecular weight is 216 g/mol. The van der Waals surface area contributed by atoms with E-state index in [-0.39, 0.29) is 11.1 Å². The van der Waals surface area contributed by atoms with Gasteiger partial charge in [0.1, 0.15) is 5.69 Å². The van der Waals surface area contributed by atoms with Crippen molar-refractivity contribution in [3.05, 3.63) is 29.6 Å². The highest BCUT2D eigenvalue weighted by molar-refractivity contribution is 5.93. The molecule has 0 spiro atoms. The summed E-state index contributed by atoms with van der Waals surface area (Å²) < 4.78 is 5.09. The van der Waals surface area contributed by atoms with Crippen LogP contribution >= 0.6 is 0 Å². The summed E-state index contributed by atoms with van der Waals surface area (Å²) in [5.74, 6) is 5.47. The number of aromatic nitrogens is 1. The van der Waals surface area contributed by atoms with Gasteiger partial charge in [-0.2, -0.15) is 0 Å². The van der Waals surface area contributed by atoms with Gasteiger partial charge in [0.25, 0.3) is 5.91 Å². The summed E-state index contributed by atoms with van der Waals surface area (Å²) >= 11 is 0. The second-order valence-electron chi connectivity index (χ2n) is 4.07. The number of nitrogens with zero attached hydrogens (tertiary/aromatic N) is 1. The summed E-state index contributed by atoms with van der Waals surface area (Å²) in [7, 11) is 0. The number of hydrogen-bond donors (Lipinski definition) is 1. The second-order valence-corrected chi connectivity index (χ2v) is 4.07. The van der Waals surface area contributed by atoms with Gasteiger partial charge >= 0.3 is 0 Å². The molecule has 1 saturated heterocycles. The highest BCUT2D eigenvalue weighted by Gasteiger charge is 2.31. The van der Waals surface area contributed by atoms with Crippen LogP contribution in [0.4, 0.5) is 0 Å². The van der Waals surface area contributed by atoms with E-state index in [0.717, 1.165) is 0 Å². The van der Waals surface area contributed by atoms with E-state index < -0.39 is 5.91 Å². The van der Waals surface area contributed by atoms with E-state index >= 15 is 0 Å². The first kappa shape index (κ1) is 10.7. The maximum absolute atomic E-state index is 11.1. The predicted molar refractivity (Wildman–Crippen MR) is 58.6 cm³/mol.